The topological polar surface area (TPSA) is 74.9 Å². The van der Waals surface area contributed by atoms with Crippen molar-refractivity contribution in [3.05, 3.63) is 39.2 Å². The molecule has 1 aliphatic heterocycles. The number of nitro groups is 1. The highest BCUT2D eigenvalue weighted by Gasteiger charge is 2.26. The molecule has 0 aliphatic carbocycles. The second-order valence-corrected chi connectivity index (χ2v) is 4.36. The van der Waals surface area contributed by atoms with Crippen molar-refractivity contribution in [2.75, 3.05) is 20.1 Å². The summed E-state index contributed by atoms with van der Waals surface area (Å²) in [5.41, 5.74) is 0.936. The number of pyridine rings is 1. The molecule has 1 fully saturated rings. The molecule has 0 amide bonds. The van der Waals surface area contributed by atoms with Crippen LogP contribution in [0.4, 0.5) is 0 Å². The summed E-state index contributed by atoms with van der Waals surface area (Å²) in [7, 11) is 1.78. The summed E-state index contributed by atoms with van der Waals surface area (Å²) in [6.07, 6.45) is 1.66. The van der Waals surface area contributed by atoms with E-state index in [1.807, 2.05) is 11.0 Å². The molecule has 0 aromatic carbocycles. The van der Waals surface area contributed by atoms with Gasteiger partial charge in [-0.1, -0.05) is 17.7 Å². The van der Waals surface area contributed by atoms with E-state index in [1.54, 1.807) is 24.2 Å². The molecule has 1 aromatic rings. The number of hydrazone groups is 1. The number of rotatable bonds is 3. The summed E-state index contributed by atoms with van der Waals surface area (Å²) in [5.74, 6) is 0.370. The van der Waals surface area contributed by atoms with Gasteiger partial charge in [0.2, 0.25) is 0 Å². The first-order chi connectivity index (χ1) is 8.56. The SMILES string of the molecule is CN1CCN(Cc2ccc(Cl)nc2)/C1=N\[N+](=O)[O-]. The Morgan fingerprint density at radius 1 is 1.56 bits per heavy atom. The summed E-state index contributed by atoms with van der Waals surface area (Å²) >= 11 is 5.70. The Morgan fingerprint density at radius 2 is 2.33 bits per heavy atom. The number of likely N-dealkylation sites (N-methyl/N-ethyl adjacent to an activating group) is 1. The molecule has 1 saturated heterocycles. The fourth-order valence-corrected chi connectivity index (χ4v) is 1.91. The van der Waals surface area contributed by atoms with Gasteiger partial charge >= 0.3 is 0 Å². The fraction of sp³-hybridized carbons (Fsp3) is 0.400. The van der Waals surface area contributed by atoms with Gasteiger partial charge in [-0.05, 0) is 11.6 Å². The zero-order chi connectivity index (χ0) is 13.1. The minimum atomic E-state index is -0.676. The Bertz CT molecular complexity index is 476. The molecule has 0 radical (unpaired) electrons. The maximum absolute atomic E-state index is 10.5. The van der Waals surface area contributed by atoms with Gasteiger partial charge in [-0.15, -0.1) is 0 Å². The van der Waals surface area contributed by atoms with E-state index in [0.29, 0.717) is 30.7 Å². The van der Waals surface area contributed by atoms with E-state index in [2.05, 4.69) is 10.1 Å². The summed E-state index contributed by atoms with van der Waals surface area (Å²) < 4.78 is 0. The molecule has 8 heteroatoms. The van der Waals surface area contributed by atoms with E-state index in [4.69, 9.17) is 11.6 Å². The largest absolute Gasteiger partial charge is 0.339 e. The van der Waals surface area contributed by atoms with E-state index in [9.17, 15) is 10.1 Å². The van der Waals surface area contributed by atoms with Crippen LogP contribution in [0.3, 0.4) is 0 Å². The lowest BCUT2D eigenvalue weighted by molar-refractivity contribution is -0.486. The third-order valence-electron chi connectivity index (χ3n) is 2.66. The van der Waals surface area contributed by atoms with E-state index in [0.717, 1.165) is 5.56 Å². The van der Waals surface area contributed by atoms with Crippen LogP contribution in [0.25, 0.3) is 0 Å². The van der Waals surface area contributed by atoms with Crippen molar-refractivity contribution >= 4 is 17.6 Å². The van der Waals surface area contributed by atoms with Gasteiger partial charge in [-0.2, -0.15) is 0 Å². The van der Waals surface area contributed by atoms with E-state index >= 15 is 0 Å². The normalized spacial score (nSPS) is 17.6. The highest BCUT2D eigenvalue weighted by atomic mass is 35.5. The number of nitrogens with zero attached hydrogens (tertiary/aromatic N) is 5. The van der Waals surface area contributed by atoms with Crippen molar-refractivity contribution in [1.29, 1.82) is 0 Å². The molecule has 0 spiro atoms. The van der Waals surface area contributed by atoms with E-state index in [-0.39, 0.29) is 0 Å². The van der Waals surface area contributed by atoms with Crippen LogP contribution in [0.2, 0.25) is 5.15 Å². The lowest BCUT2D eigenvalue weighted by atomic mass is 10.3. The van der Waals surface area contributed by atoms with Crippen LogP contribution < -0.4 is 0 Å². The third kappa shape index (κ3) is 2.86. The van der Waals surface area contributed by atoms with Gasteiger partial charge in [0.05, 0.1) is 0 Å². The smallest absolute Gasteiger partial charge is 0.274 e. The van der Waals surface area contributed by atoms with Crippen LogP contribution in [-0.4, -0.2) is 45.9 Å². The monoisotopic (exact) mass is 269 g/mol. The molecule has 0 bridgehead atoms. The number of aromatic nitrogens is 1. The number of halogens is 1. The van der Waals surface area contributed by atoms with Gasteiger partial charge in [-0.25, -0.2) is 15.1 Å². The highest BCUT2D eigenvalue weighted by Crippen LogP contribution is 2.13. The summed E-state index contributed by atoms with van der Waals surface area (Å²) in [6.45, 7) is 1.95. The zero-order valence-electron chi connectivity index (χ0n) is 9.78. The summed E-state index contributed by atoms with van der Waals surface area (Å²) in [4.78, 5) is 18.1. The molecule has 7 nitrogen and oxygen atoms in total. The maximum Gasteiger partial charge on any atom is 0.274 e. The van der Waals surface area contributed by atoms with Gasteiger partial charge in [0.1, 0.15) is 10.3 Å². The van der Waals surface area contributed by atoms with Crippen LogP contribution in [-0.2, 0) is 6.54 Å². The predicted octanol–water partition coefficient (Wildman–Crippen LogP) is 1.03. The molecule has 0 unspecified atom stereocenters. The molecule has 2 rings (SSSR count). The number of guanidine groups is 1. The van der Waals surface area contributed by atoms with Crippen LogP contribution in [0.1, 0.15) is 5.56 Å². The van der Waals surface area contributed by atoms with Crippen molar-refractivity contribution in [2.24, 2.45) is 5.10 Å². The molecule has 1 aliphatic rings. The van der Waals surface area contributed by atoms with E-state index in [1.165, 1.54) is 0 Å². The zero-order valence-corrected chi connectivity index (χ0v) is 10.5. The Labute approximate surface area is 109 Å². The Balaban J connectivity index is 2.13. The van der Waals surface area contributed by atoms with Crippen LogP contribution in [0, 0.1) is 10.1 Å². The van der Waals surface area contributed by atoms with Gasteiger partial charge in [0.25, 0.3) is 5.96 Å². The molecular weight excluding hydrogens is 258 g/mol. The van der Waals surface area contributed by atoms with Crippen molar-refractivity contribution in [2.45, 2.75) is 6.54 Å². The van der Waals surface area contributed by atoms with Crippen LogP contribution >= 0.6 is 11.6 Å². The predicted molar refractivity (Wildman–Crippen MR) is 66.7 cm³/mol. The van der Waals surface area contributed by atoms with Crippen LogP contribution in [0.5, 0.6) is 0 Å². The second kappa shape index (κ2) is 5.18. The summed E-state index contributed by atoms with van der Waals surface area (Å²) in [5, 5.41) is 13.6. The molecule has 2 heterocycles. The molecule has 1 aromatic heterocycles. The summed E-state index contributed by atoms with van der Waals surface area (Å²) in [6, 6.07) is 3.54. The van der Waals surface area contributed by atoms with Crippen LogP contribution in [0.15, 0.2) is 23.4 Å². The minimum absolute atomic E-state index is 0.370. The maximum atomic E-state index is 10.5. The number of hydrogen-bond donors (Lipinski definition) is 0. The van der Waals surface area contributed by atoms with Gasteiger partial charge in [0.15, 0.2) is 5.03 Å². The Morgan fingerprint density at radius 3 is 2.94 bits per heavy atom. The molecular formula is C10H12ClN5O2. The minimum Gasteiger partial charge on any atom is -0.339 e. The van der Waals surface area contributed by atoms with Crippen molar-refractivity contribution in [3.8, 4) is 0 Å². The molecule has 0 atom stereocenters. The quantitative estimate of drug-likeness (QED) is 0.465. The third-order valence-corrected chi connectivity index (χ3v) is 2.89. The van der Waals surface area contributed by atoms with E-state index < -0.39 is 5.03 Å². The first kappa shape index (κ1) is 12.6. The van der Waals surface area contributed by atoms with Gasteiger partial charge in [0, 0.05) is 32.9 Å². The molecule has 0 N–H and O–H groups in total. The van der Waals surface area contributed by atoms with Gasteiger partial charge < -0.3 is 9.80 Å². The standard InChI is InChI=1S/C10H12ClN5O2/c1-14-4-5-15(10(14)13-16(17)18)7-8-2-3-9(11)12-6-8/h2-3,6H,4-5,7H2,1H3/b13-10-. The first-order valence-corrected chi connectivity index (χ1v) is 5.73. The lowest BCUT2D eigenvalue weighted by Gasteiger charge is -2.17. The lowest BCUT2D eigenvalue weighted by Crippen LogP contribution is -2.31. The fourth-order valence-electron chi connectivity index (χ4n) is 1.79. The first-order valence-electron chi connectivity index (χ1n) is 5.36. The van der Waals surface area contributed by atoms with Crippen molar-refractivity contribution < 1.29 is 5.03 Å². The average Bonchev–Trinajstić information content (AvgIpc) is 2.64. The highest BCUT2D eigenvalue weighted by molar-refractivity contribution is 6.29. The molecule has 18 heavy (non-hydrogen) atoms. The van der Waals surface area contributed by atoms with Crippen molar-refractivity contribution in [1.82, 2.24) is 14.8 Å². The Kier molecular flexibility index (Phi) is 3.61. The Hall–Kier alpha value is -1.89. The second-order valence-electron chi connectivity index (χ2n) is 3.97. The number of hydrogen-bond acceptors (Lipinski definition) is 3. The van der Waals surface area contributed by atoms with Gasteiger partial charge in [-0.3, -0.25) is 0 Å². The average molecular weight is 270 g/mol. The molecule has 96 valence electrons. The molecule has 0 saturated carbocycles. The van der Waals surface area contributed by atoms with Crippen molar-refractivity contribution in [3.63, 3.8) is 0 Å².